The quantitative estimate of drug-likeness (QED) is 0.124. The Hall–Kier alpha value is -1.54. The molecule has 0 heterocycles. The van der Waals surface area contributed by atoms with Gasteiger partial charge < -0.3 is 15.3 Å². The maximum Gasteiger partial charge on any atom is 0.142 e. The van der Waals surface area contributed by atoms with Gasteiger partial charge in [0.15, 0.2) is 0 Å². The van der Waals surface area contributed by atoms with E-state index in [2.05, 4.69) is 127 Å². The zero-order valence-corrected chi connectivity index (χ0v) is 31.5. The van der Waals surface area contributed by atoms with E-state index in [1.807, 2.05) is 50.2 Å². The van der Waals surface area contributed by atoms with E-state index in [9.17, 15) is 15.3 Å². The highest BCUT2D eigenvalue weighted by molar-refractivity contribution is 7.81. The zero-order chi connectivity index (χ0) is 33.6. The second-order valence-electron chi connectivity index (χ2n) is 12.7. The molecule has 0 bridgehead atoms. The monoisotopic (exact) mass is 652 g/mol. The molecule has 0 aromatic heterocycles. The van der Waals surface area contributed by atoms with Gasteiger partial charge in [0, 0.05) is 19.6 Å². The number of hydrogen-bond acceptors (Lipinski definition) is 7. The molecule has 0 radical (unpaired) electrons. The van der Waals surface area contributed by atoms with Crippen molar-refractivity contribution < 1.29 is 15.3 Å². The molecule has 3 rings (SSSR count). The second kappa shape index (κ2) is 19.0. The van der Waals surface area contributed by atoms with Crippen LogP contribution in [-0.4, -0.2) is 15.3 Å². The van der Waals surface area contributed by atoms with Crippen molar-refractivity contribution in [1.29, 1.82) is 0 Å². The molecule has 0 aliphatic heterocycles. The summed E-state index contributed by atoms with van der Waals surface area (Å²) >= 11 is 16.6. The van der Waals surface area contributed by atoms with E-state index in [4.69, 9.17) is 0 Å². The predicted octanol–water partition coefficient (Wildman–Crippen LogP) is 11.7. The van der Waals surface area contributed by atoms with Gasteiger partial charge in [-0.25, -0.2) is 0 Å². The molecule has 238 valence electrons. The highest BCUT2D eigenvalue weighted by Crippen LogP contribution is 2.35. The second-order valence-corrected chi connectivity index (χ2v) is 14.7. The number of aromatic hydroxyl groups is 3. The fraction of sp³-hybridized carbons (Fsp3) is 0.486. The van der Waals surface area contributed by atoms with Crippen molar-refractivity contribution >= 4 is 50.5 Å². The SMILES string of the molecule is CC.CC(C)(C)c1cc(S)c(O)c(S)c1.CC(C)(C)c1ccc(O)c(S)c1.CC(C)(C)c1ccc(O)c(S)c1.CCC. The van der Waals surface area contributed by atoms with Gasteiger partial charge in [-0.2, -0.15) is 0 Å². The lowest BCUT2D eigenvalue weighted by atomic mass is 9.87. The van der Waals surface area contributed by atoms with Crippen LogP contribution in [0.4, 0.5) is 0 Å². The molecule has 0 unspecified atom stereocenters. The molecule has 0 saturated carbocycles. The highest BCUT2D eigenvalue weighted by atomic mass is 32.1. The Bertz CT molecular complexity index is 1130. The van der Waals surface area contributed by atoms with Gasteiger partial charge in [0.25, 0.3) is 0 Å². The third kappa shape index (κ3) is 15.8. The van der Waals surface area contributed by atoms with Crippen LogP contribution in [0, 0.1) is 0 Å². The Labute approximate surface area is 279 Å². The molecular weight excluding hydrogens is 597 g/mol. The molecule has 3 N–H and O–H groups in total. The molecule has 7 heteroatoms. The van der Waals surface area contributed by atoms with E-state index in [-0.39, 0.29) is 33.5 Å². The van der Waals surface area contributed by atoms with Crippen LogP contribution in [0.15, 0.2) is 68.1 Å². The Balaban J connectivity index is 0. The van der Waals surface area contributed by atoms with Gasteiger partial charge in [-0.05, 0) is 69.3 Å². The van der Waals surface area contributed by atoms with E-state index >= 15 is 0 Å². The van der Waals surface area contributed by atoms with Crippen LogP contribution in [0.2, 0.25) is 0 Å². The summed E-state index contributed by atoms with van der Waals surface area (Å²) in [6.45, 7) is 27.4. The predicted molar refractivity (Wildman–Crippen MR) is 197 cm³/mol. The summed E-state index contributed by atoms with van der Waals surface area (Å²) in [5.41, 5.74) is 3.79. The summed E-state index contributed by atoms with van der Waals surface area (Å²) in [5, 5.41) is 27.9. The number of hydrogen-bond donors (Lipinski definition) is 7. The molecular formula is C35H56O3S4. The maximum absolute atomic E-state index is 9.44. The van der Waals surface area contributed by atoms with Crippen molar-refractivity contribution in [2.24, 2.45) is 0 Å². The average molecular weight is 653 g/mol. The third-order valence-corrected chi connectivity index (χ3v) is 7.02. The number of thiol groups is 4. The van der Waals surface area contributed by atoms with E-state index in [0.29, 0.717) is 19.6 Å². The van der Waals surface area contributed by atoms with Crippen molar-refractivity contribution in [3.05, 3.63) is 65.2 Å². The summed E-state index contributed by atoms with van der Waals surface area (Å²) in [7, 11) is 0. The standard InChI is InChI=1S/C10H14OS2.2C10H14OS.C3H8.C2H6/c1-10(2,3)6-4-7(12)9(11)8(13)5-6;2*1-10(2,3)7-4-5-8(11)9(12)6-7;1-3-2;1-2/h4-5,11-13H,1-3H3;2*4-6,11-12H,1-3H3;3H2,1-2H3;1-2H3. The average Bonchev–Trinajstić information content (AvgIpc) is 2.86. The van der Waals surface area contributed by atoms with Gasteiger partial charge in [-0.3, -0.25) is 0 Å². The molecule has 3 aromatic carbocycles. The maximum atomic E-state index is 9.44. The van der Waals surface area contributed by atoms with Crippen molar-refractivity contribution in [2.75, 3.05) is 0 Å². The van der Waals surface area contributed by atoms with Gasteiger partial charge in [0.1, 0.15) is 17.2 Å². The van der Waals surface area contributed by atoms with Gasteiger partial charge >= 0.3 is 0 Å². The van der Waals surface area contributed by atoms with Gasteiger partial charge in [-0.15, -0.1) is 50.5 Å². The first-order valence-electron chi connectivity index (χ1n) is 14.4. The zero-order valence-electron chi connectivity index (χ0n) is 28.0. The minimum Gasteiger partial charge on any atom is -0.507 e. The van der Waals surface area contributed by atoms with Crippen molar-refractivity contribution in [1.82, 2.24) is 0 Å². The lowest BCUT2D eigenvalue weighted by Crippen LogP contribution is -2.10. The summed E-state index contributed by atoms with van der Waals surface area (Å²) in [4.78, 5) is 2.44. The smallest absolute Gasteiger partial charge is 0.142 e. The van der Waals surface area contributed by atoms with Crippen LogP contribution in [0.25, 0.3) is 0 Å². The molecule has 0 fully saturated rings. The Kier molecular flexibility index (Phi) is 19.2. The molecule has 0 amide bonds. The lowest BCUT2D eigenvalue weighted by molar-refractivity contribution is 0.447. The first-order chi connectivity index (χ1) is 19.1. The van der Waals surface area contributed by atoms with Crippen molar-refractivity contribution in [3.8, 4) is 17.2 Å². The summed E-state index contributed by atoms with van der Waals surface area (Å²) in [6.07, 6.45) is 1.25. The Morgan fingerprint density at radius 2 is 0.714 bits per heavy atom. The number of phenolic OH excluding ortho intramolecular Hbond substituents is 3. The summed E-state index contributed by atoms with van der Waals surface area (Å²) in [5.74, 6) is 0.636. The summed E-state index contributed by atoms with van der Waals surface area (Å²) in [6, 6.07) is 14.8. The molecule has 0 atom stereocenters. The Morgan fingerprint density at radius 1 is 0.476 bits per heavy atom. The molecule has 3 aromatic rings. The van der Waals surface area contributed by atoms with Crippen molar-refractivity contribution in [3.63, 3.8) is 0 Å². The fourth-order valence-corrected chi connectivity index (χ4v) is 4.05. The molecule has 3 nitrogen and oxygen atoms in total. The van der Waals surface area contributed by atoms with Gasteiger partial charge in [-0.1, -0.05) is 109 Å². The number of phenols is 3. The van der Waals surface area contributed by atoms with Crippen molar-refractivity contribution in [2.45, 2.75) is 132 Å². The minimum absolute atomic E-state index is 0.0582. The summed E-state index contributed by atoms with van der Waals surface area (Å²) < 4.78 is 0. The van der Waals surface area contributed by atoms with Crippen LogP contribution in [0.5, 0.6) is 17.2 Å². The van der Waals surface area contributed by atoms with Crippen LogP contribution >= 0.6 is 50.5 Å². The Morgan fingerprint density at radius 3 is 0.929 bits per heavy atom. The van der Waals surface area contributed by atoms with Crippen LogP contribution in [-0.2, 0) is 16.2 Å². The normalized spacial score (nSPS) is 10.9. The van der Waals surface area contributed by atoms with Gasteiger partial charge in [0.2, 0.25) is 0 Å². The first kappa shape index (κ1) is 42.6. The van der Waals surface area contributed by atoms with E-state index < -0.39 is 0 Å². The number of benzene rings is 3. The lowest BCUT2D eigenvalue weighted by Gasteiger charge is -2.20. The number of rotatable bonds is 0. The molecule has 0 aliphatic carbocycles. The molecule has 42 heavy (non-hydrogen) atoms. The topological polar surface area (TPSA) is 60.7 Å². The largest absolute Gasteiger partial charge is 0.507 e. The third-order valence-electron chi connectivity index (χ3n) is 5.62. The molecule has 0 spiro atoms. The van der Waals surface area contributed by atoms with Crippen LogP contribution in [0.1, 0.15) is 113 Å². The fourth-order valence-electron chi connectivity index (χ4n) is 3.02. The van der Waals surface area contributed by atoms with Crippen LogP contribution in [0.3, 0.4) is 0 Å². The van der Waals surface area contributed by atoms with Crippen LogP contribution < -0.4 is 0 Å². The van der Waals surface area contributed by atoms with E-state index in [1.165, 1.54) is 17.5 Å². The van der Waals surface area contributed by atoms with Gasteiger partial charge in [0.05, 0.1) is 0 Å². The highest BCUT2D eigenvalue weighted by Gasteiger charge is 2.17. The molecule has 0 saturated heterocycles. The van der Waals surface area contributed by atoms with E-state index in [0.717, 1.165) is 5.56 Å². The molecule has 0 aliphatic rings. The minimum atomic E-state index is 0.0582. The van der Waals surface area contributed by atoms with E-state index in [1.54, 1.807) is 12.1 Å². The first-order valence-corrected chi connectivity index (χ1v) is 16.1.